The minimum atomic E-state index is -0.0170. The van der Waals surface area contributed by atoms with Crippen molar-refractivity contribution in [3.05, 3.63) is 47.3 Å². The molecule has 1 aromatic carbocycles. The predicted octanol–water partition coefficient (Wildman–Crippen LogP) is 1.90. The lowest BCUT2D eigenvalue weighted by Crippen LogP contribution is -2.52. The van der Waals surface area contributed by atoms with E-state index in [2.05, 4.69) is 27.9 Å². The fourth-order valence-electron chi connectivity index (χ4n) is 4.20. The van der Waals surface area contributed by atoms with Gasteiger partial charge in [-0.1, -0.05) is 6.07 Å². The molecular formula is C20H26N4O2. The van der Waals surface area contributed by atoms with Crippen LogP contribution in [0.25, 0.3) is 0 Å². The third-order valence-electron chi connectivity index (χ3n) is 5.58. The molecule has 0 radical (unpaired) electrons. The number of aryl methyl sites for hydroxylation is 2. The molecule has 138 valence electrons. The fourth-order valence-corrected chi connectivity index (χ4v) is 4.20. The van der Waals surface area contributed by atoms with Gasteiger partial charge in [-0.05, 0) is 48.9 Å². The van der Waals surface area contributed by atoms with Crippen LogP contribution in [0.4, 0.5) is 0 Å². The SMILES string of the molecule is COc1ccc2c(c1)CC(N[C@@H]1CCC(=O)N[C@H]1c1cnn(C)c1)CC2. The molecule has 2 N–H and O–H groups in total. The molecule has 0 saturated carbocycles. The quantitative estimate of drug-likeness (QED) is 0.880. The zero-order valence-electron chi connectivity index (χ0n) is 15.4. The monoisotopic (exact) mass is 354 g/mol. The van der Waals surface area contributed by atoms with Crippen molar-refractivity contribution in [2.24, 2.45) is 7.05 Å². The van der Waals surface area contributed by atoms with E-state index in [-0.39, 0.29) is 18.0 Å². The summed E-state index contributed by atoms with van der Waals surface area (Å²) in [6, 6.07) is 7.01. The molecular weight excluding hydrogens is 328 g/mol. The average Bonchev–Trinajstić information content (AvgIpc) is 3.08. The lowest BCUT2D eigenvalue weighted by molar-refractivity contribution is -0.124. The molecule has 2 aliphatic rings. The van der Waals surface area contributed by atoms with Crippen LogP contribution < -0.4 is 15.4 Å². The van der Waals surface area contributed by atoms with E-state index < -0.39 is 0 Å². The summed E-state index contributed by atoms with van der Waals surface area (Å²) in [5.74, 6) is 1.04. The second-order valence-corrected chi connectivity index (χ2v) is 7.38. The molecule has 2 heterocycles. The highest BCUT2D eigenvalue weighted by Crippen LogP contribution is 2.29. The molecule has 1 saturated heterocycles. The van der Waals surface area contributed by atoms with E-state index in [1.807, 2.05) is 25.5 Å². The van der Waals surface area contributed by atoms with Crippen molar-refractivity contribution in [2.45, 2.75) is 50.2 Å². The smallest absolute Gasteiger partial charge is 0.220 e. The van der Waals surface area contributed by atoms with E-state index >= 15 is 0 Å². The number of hydrogen-bond acceptors (Lipinski definition) is 4. The van der Waals surface area contributed by atoms with Gasteiger partial charge in [0.1, 0.15) is 5.75 Å². The normalized spacial score (nSPS) is 25.5. The van der Waals surface area contributed by atoms with Crippen molar-refractivity contribution in [1.82, 2.24) is 20.4 Å². The second kappa shape index (κ2) is 7.11. The number of nitrogens with zero attached hydrogens (tertiary/aromatic N) is 2. The molecule has 1 unspecified atom stereocenters. The van der Waals surface area contributed by atoms with Gasteiger partial charge in [0, 0.05) is 37.3 Å². The van der Waals surface area contributed by atoms with Gasteiger partial charge in [-0.2, -0.15) is 5.10 Å². The molecule has 1 aliphatic heterocycles. The van der Waals surface area contributed by atoms with Gasteiger partial charge in [0.15, 0.2) is 0 Å². The number of carbonyl (C=O) groups excluding carboxylic acids is 1. The fraction of sp³-hybridized carbons (Fsp3) is 0.500. The Morgan fingerprint density at radius 2 is 2.15 bits per heavy atom. The molecule has 1 fully saturated rings. The van der Waals surface area contributed by atoms with E-state index in [9.17, 15) is 4.79 Å². The van der Waals surface area contributed by atoms with Gasteiger partial charge in [0.25, 0.3) is 0 Å². The van der Waals surface area contributed by atoms with Crippen molar-refractivity contribution < 1.29 is 9.53 Å². The Balaban J connectivity index is 1.49. The number of methoxy groups -OCH3 is 1. The summed E-state index contributed by atoms with van der Waals surface area (Å²) in [7, 11) is 3.62. The second-order valence-electron chi connectivity index (χ2n) is 7.38. The summed E-state index contributed by atoms with van der Waals surface area (Å²) < 4.78 is 7.17. The third kappa shape index (κ3) is 3.46. The standard InChI is InChI=1S/C20H26N4O2/c1-24-12-15(11-21-24)20-18(7-8-19(25)23-20)22-16-5-3-13-4-6-17(26-2)10-14(13)9-16/h4,6,10-12,16,18,20,22H,3,5,7-9H2,1-2H3,(H,23,25)/t16?,18-,20+/m1/s1. The number of fused-ring (bicyclic) bond motifs is 1. The average molecular weight is 354 g/mol. The first-order valence-corrected chi connectivity index (χ1v) is 9.32. The van der Waals surface area contributed by atoms with Crippen molar-refractivity contribution in [3.63, 3.8) is 0 Å². The van der Waals surface area contributed by atoms with E-state index in [0.717, 1.165) is 37.0 Å². The number of hydrogen-bond donors (Lipinski definition) is 2. The number of ether oxygens (including phenoxy) is 1. The van der Waals surface area contributed by atoms with Crippen LogP contribution in [-0.4, -0.2) is 34.9 Å². The van der Waals surface area contributed by atoms with E-state index in [4.69, 9.17) is 4.74 Å². The summed E-state index contributed by atoms with van der Waals surface area (Å²) >= 11 is 0. The van der Waals surface area contributed by atoms with Gasteiger partial charge in [0.05, 0.1) is 19.3 Å². The van der Waals surface area contributed by atoms with Crippen LogP contribution in [0.5, 0.6) is 5.75 Å². The van der Waals surface area contributed by atoms with Crippen LogP contribution in [0.3, 0.4) is 0 Å². The van der Waals surface area contributed by atoms with Gasteiger partial charge >= 0.3 is 0 Å². The Bertz CT molecular complexity index is 801. The van der Waals surface area contributed by atoms with E-state index in [1.165, 1.54) is 11.1 Å². The first kappa shape index (κ1) is 17.1. The first-order valence-electron chi connectivity index (χ1n) is 9.32. The van der Waals surface area contributed by atoms with Crippen LogP contribution in [-0.2, 0) is 24.7 Å². The number of piperidine rings is 1. The van der Waals surface area contributed by atoms with Crippen molar-refractivity contribution in [3.8, 4) is 5.75 Å². The molecule has 6 nitrogen and oxygen atoms in total. The van der Waals surface area contributed by atoms with Gasteiger partial charge < -0.3 is 15.4 Å². The lowest BCUT2D eigenvalue weighted by atomic mass is 9.86. The number of aromatic nitrogens is 2. The highest BCUT2D eigenvalue weighted by molar-refractivity contribution is 5.77. The number of amides is 1. The highest BCUT2D eigenvalue weighted by atomic mass is 16.5. The molecule has 1 amide bonds. The zero-order valence-corrected chi connectivity index (χ0v) is 15.4. The molecule has 1 aromatic heterocycles. The molecule has 4 rings (SSSR count). The van der Waals surface area contributed by atoms with Crippen LogP contribution in [0.15, 0.2) is 30.6 Å². The first-order chi connectivity index (χ1) is 12.6. The Morgan fingerprint density at radius 3 is 2.92 bits per heavy atom. The number of rotatable bonds is 4. The van der Waals surface area contributed by atoms with Crippen LogP contribution in [0.2, 0.25) is 0 Å². The van der Waals surface area contributed by atoms with Gasteiger partial charge in [-0.15, -0.1) is 0 Å². The molecule has 0 bridgehead atoms. The summed E-state index contributed by atoms with van der Waals surface area (Å²) in [4.78, 5) is 11.9. The van der Waals surface area contributed by atoms with Crippen molar-refractivity contribution >= 4 is 5.91 Å². The zero-order chi connectivity index (χ0) is 18.1. The molecule has 3 atom stereocenters. The van der Waals surface area contributed by atoms with Gasteiger partial charge in [-0.3, -0.25) is 9.48 Å². The Kier molecular flexibility index (Phi) is 4.68. The largest absolute Gasteiger partial charge is 0.497 e. The highest BCUT2D eigenvalue weighted by Gasteiger charge is 2.33. The van der Waals surface area contributed by atoms with Crippen molar-refractivity contribution in [2.75, 3.05) is 7.11 Å². The van der Waals surface area contributed by atoms with Crippen LogP contribution in [0.1, 0.15) is 42.0 Å². The van der Waals surface area contributed by atoms with Crippen molar-refractivity contribution in [1.29, 1.82) is 0 Å². The van der Waals surface area contributed by atoms with Crippen LogP contribution in [0, 0.1) is 0 Å². The molecule has 0 spiro atoms. The minimum Gasteiger partial charge on any atom is -0.497 e. The number of carbonyl (C=O) groups is 1. The predicted molar refractivity (Wildman–Crippen MR) is 99.1 cm³/mol. The third-order valence-corrected chi connectivity index (χ3v) is 5.58. The van der Waals surface area contributed by atoms with Crippen LogP contribution >= 0.6 is 0 Å². The summed E-state index contributed by atoms with van der Waals surface area (Å²) in [6.07, 6.45) is 8.46. The number of benzene rings is 1. The maximum absolute atomic E-state index is 11.9. The molecule has 1 aliphatic carbocycles. The molecule has 26 heavy (non-hydrogen) atoms. The van der Waals surface area contributed by atoms with Gasteiger partial charge in [0.2, 0.25) is 5.91 Å². The molecule has 2 aromatic rings. The number of nitrogens with one attached hydrogen (secondary N) is 2. The molecule has 6 heteroatoms. The van der Waals surface area contributed by atoms with E-state index in [1.54, 1.807) is 11.8 Å². The van der Waals surface area contributed by atoms with E-state index in [0.29, 0.717) is 12.5 Å². The Labute approximate surface area is 153 Å². The topological polar surface area (TPSA) is 68.2 Å². The summed E-state index contributed by atoms with van der Waals surface area (Å²) in [5, 5.41) is 11.2. The Hall–Kier alpha value is -2.34. The summed E-state index contributed by atoms with van der Waals surface area (Å²) in [6.45, 7) is 0. The maximum atomic E-state index is 11.9. The summed E-state index contributed by atoms with van der Waals surface area (Å²) in [5.41, 5.74) is 3.85. The minimum absolute atomic E-state index is 0.0170. The lowest BCUT2D eigenvalue weighted by Gasteiger charge is -2.37. The van der Waals surface area contributed by atoms with Gasteiger partial charge in [-0.25, -0.2) is 0 Å². The maximum Gasteiger partial charge on any atom is 0.220 e. The Morgan fingerprint density at radius 1 is 1.27 bits per heavy atom.